The average molecular weight is 267 g/mol. The fourth-order valence-electron chi connectivity index (χ4n) is 2.06. The number of nitrogens with zero attached hydrogens (tertiary/aromatic N) is 2. The summed E-state index contributed by atoms with van der Waals surface area (Å²) in [6, 6.07) is 0. The molecule has 0 amide bonds. The lowest BCUT2D eigenvalue weighted by Crippen LogP contribution is -2.47. The van der Waals surface area contributed by atoms with Crippen molar-refractivity contribution in [3.05, 3.63) is 17.5 Å². The Hall–Kier alpha value is -1.73. The number of carboxylic acid groups (broad SMARTS) is 1. The van der Waals surface area contributed by atoms with E-state index in [1.54, 1.807) is 6.92 Å². The van der Waals surface area contributed by atoms with Gasteiger partial charge in [-0.1, -0.05) is 0 Å². The van der Waals surface area contributed by atoms with Gasteiger partial charge in [-0.05, 0) is 19.8 Å². The number of anilines is 1. The summed E-state index contributed by atoms with van der Waals surface area (Å²) in [5.41, 5.74) is -0.0178. The van der Waals surface area contributed by atoms with Gasteiger partial charge < -0.3 is 20.3 Å². The summed E-state index contributed by atoms with van der Waals surface area (Å²) in [5, 5.41) is 21.6. The molecule has 104 valence electrons. The molecular weight excluding hydrogens is 250 g/mol. The van der Waals surface area contributed by atoms with E-state index in [9.17, 15) is 9.90 Å². The second-order valence-corrected chi connectivity index (χ2v) is 4.67. The molecule has 2 heterocycles. The van der Waals surface area contributed by atoms with Gasteiger partial charge >= 0.3 is 5.97 Å². The van der Waals surface area contributed by atoms with Gasteiger partial charge in [-0.3, -0.25) is 0 Å². The molecule has 0 unspecified atom stereocenters. The molecular formula is C12H17N3O4. The number of nitrogens with one attached hydrogen (secondary N) is 1. The molecule has 1 aliphatic heterocycles. The molecule has 19 heavy (non-hydrogen) atoms. The Bertz CT molecular complexity index is 472. The number of aromatic carboxylic acids is 1. The van der Waals surface area contributed by atoms with E-state index in [1.807, 2.05) is 0 Å². The van der Waals surface area contributed by atoms with E-state index < -0.39 is 11.5 Å². The van der Waals surface area contributed by atoms with Gasteiger partial charge in [0.25, 0.3) is 0 Å². The third-order valence-electron chi connectivity index (χ3n) is 3.34. The normalized spacial score (nSPS) is 18.0. The standard InChI is InChI=1S/C12H17N3O4/c1-8-9(10(17)18)6-13-11(14-8)15-12(7-16)2-4-19-5-3-12/h6,16H,2-5,7H2,1H3,(H,17,18)(H,13,14,15). The minimum atomic E-state index is -1.05. The van der Waals surface area contributed by atoms with Crippen molar-refractivity contribution in [2.45, 2.75) is 25.3 Å². The number of aliphatic hydroxyl groups is 1. The third kappa shape index (κ3) is 2.99. The maximum atomic E-state index is 10.9. The highest BCUT2D eigenvalue weighted by Crippen LogP contribution is 2.24. The van der Waals surface area contributed by atoms with Crippen LogP contribution in [0.3, 0.4) is 0 Å². The second-order valence-electron chi connectivity index (χ2n) is 4.67. The van der Waals surface area contributed by atoms with Crippen LogP contribution in [0.1, 0.15) is 28.9 Å². The molecule has 2 rings (SSSR count). The van der Waals surface area contributed by atoms with Crippen LogP contribution in [-0.4, -0.2) is 51.5 Å². The largest absolute Gasteiger partial charge is 0.478 e. The summed E-state index contributed by atoms with van der Waals surface area (Å²) < 4.78 is 5.27. The summed E-state index contributed by atoms with van der Waals surface area (Å²) in [6.45, 7) is 2.71. The van der Waals surface area contributed by atoms with Crippen molar-refractivity contribution < 1.29 is 19.7 Å². The van der Waals surface area contributed by atoms with Crippen molar-refractivity contribution >= 4 is 11.9 Å². The molecule has 1 aliphatic rings. The number of aromatic nitrogens is 2. The maximum Gasteiger partial charge on any atom is 0.339 e. The van der Waals surface area contributed by atoms with Crippen molar-refractivity contribution in [2.75, 3.05) is 25.1 Å². The van der Waals surface area contributed by atoms with Crippen LogP contribution in [-0.2, 0) is 4.74 Å². The monoisotopic (exact) mass is 267 g/mol. The number of hydrogen-bond donors (Lipinski definition) is 3. The van der Waals surface area contributed by atoms with Gasteiger partial charge in [0.05, 0.1) is 23.4 Å². The highest BCUT2D eigenvalue weighted by molar-refractivity contribution is 5.88. The molecule has 0 atom stereocenters. The zero-order valence-electron chi connectivity index (χ0n) is 10.7. The van der Waals surface area contributed by atoms with Gasteiger partial charge in [0.2, 0.25) is 5.95 Å². The van der Waals surface area contributed by atoms with Crippen LogP contribution in [0.4, 0.5) is 5.95 Å². The molecule has 0 saturated carbocycles. The molecule has 3 N–H and O–H groups in total. The average Bonchev–Trinajstić information content (AvgIpc) is 2.39. The molecule has 1 fully saturated rings. The zero-order valence-corrected chi connectivity index (χ0v) is 10.7. The lowest BCUT2D eigenvalue weighted by atomic mass is 9.91. The summed E-state index contributed by atoms with van der Waals surface area (Å²) in [7, 11) is 0. The van der Waals surface area contributed by atoms with E-state index in [2.05, 4.69) is 15.3 Å². The Labute approximate surface area is 110 Å². The van der Waals surface area contributed by atoms with E-state index in [0.717, 1.165) is 0 Å². The Morgan fingerprint density at radius 2 is 2.21 bits per heavy atom. The molecule has 0 bridgehead atoms. The molecule has 1 aromatic rings. The molecule has 7 heteroatoms. The summed E-state index contributed by atoms with van der Waals surface area (Å²) in [4.78, 5) is 19.0. The van der Waals surface area contributed by atoms with Gasteiger partial charge in [-0.2, -0.15) is 0 Å². The van der Waals surface area contributed by atoms with Crippen LogP contribution in [0.15, 0.2) is 6.20 Å². The third-order valence-corrected chi connectivity index (χ3v) is 3.34. The van der Waals surface area contributed by atoms with E-state index in [4.69, 9.17) is 9.84 Å². The first-order valence-corrected chi connectivity index (χ1v) is 6.10. The van der Waals surface area contributed by atoms with Gasteiger partial charge in [-0.25, -0.2) is 14.8 Å². The molecule has 0 aromatic carbocycles. The van der Waals surface area contributed by atoms with E-state index in [0.29, 0.717) is 37.7 Å². The van der Waals surface area contributed by atoms with Gasteiger partial charge in [0.15, 0.2) is 0 Å². The highest BCUT2D eigenvalue weighted by Gasteiger charge is 2.32. The molecule has 1 aromatic heterocycles. The second kappa shape index (κ2) is 5.50. The SMILES string of the molecule is Cc1nc(NC2(CO)CCOCC2)ncc1C(=O)O. The van der Waals surface area contributed by atoms with Crippen LogP contribution in [0.2, 0.25) is 0 Å². The Morgan fingerprint density at radius 1 is 1.53 bits per heavy atom. The molecule has 7 nitrogen and oxygen atoms in total. The van der Waals surface area contributed by atoms with Crippen molar-refractivity contribution in [2.24, 2.45) is 0 Å². The number of carboxylic acids is 1. The topological polar surface area (TPSA) is 105 Å². The first kappa shape index (κ1) is 13.7. The first-order chi connectivity index (χ1) is 9.06. The smallest absolute Gasteiger partial charge is 0.339 e. The van der Waals surface area contributed by atoms with Crippen molar-refractivity contribution in [1.29, 1.82) is 0 Å². The van der Waals surface area contributed by atoms with Crippen LogP contribution in [0.25, 0.3) is 0 Å². The number of ether oxygens (including phenoxy) is 1. The molecule has 0 aliphatic carbocycles. The number of aliphatic hydroxyl groups excluding tert-OH is 1. The molecule has 1 saturated heterocycles. The highest BCUT2D eigenvalue weighted by atomic mass is 16.5. The number of hydrogen-bond acceptors (Lipinski definition) is 6. The quantitative estimate of drug-likeness (QED) is 0.726. The van der Waals surface area contributed by atoms with E-state index in [-0.39, 0.29) is 12.2 Å². The predicted octanol–water partition coefficient (Wildman–Crippen LogP) is 0.437. The van der Waals surface area contributed by atoms with Gasteiger partial charge in [0, 0.05) is 19.4 Å². The van der Waals surface area contributed by atoms with Crippen molar-refractivity contribution in [3.63, 3.8) is 0 Å². The van der Waals surface area contributed by atoms with Crippen molar-refractivity contribution in [1.82, 2.24) is 9.97 Å². The van der Waals surface area contributed by atoms with Gasteiger partial charge in [-0.15, -0.1) is 0 Å². The Morgan fingerprint density at radius 3 is 2.74 bits per heavy atom. The molecule has 0 spiro atoms. The number of carbonyl (C=O) groups is 1. The minimum Gasteiger partial charge on any atom is -0.478 e. The van der Waals surface area contributed by atoms with Crippen LogP contribution in [0.5, 0.6) is 0 Å². The predicted molar refractivity (Wildman–Crippen MR) is 67.2 cm³/mol. The summed E-state index contributed by atoms with van der Waals surface area (Å²) >= 11 is 0. The van der Waals surface area contributed by atoms with Crippen LogP contribution in [0, 0.1) is 6.92 Å². The van der Waals surface area contributed by atoms with Gasteiger partial charge in [0.1, 0.15) is 0 Å². The summed E-state index contributed by atoms with van der Waals surface area (Å²) in [5.74, 6) is -0.717. The summed E-state index contributed by atoms with van der Waals surface area (Å²) in [6.07, 6.45) is 2.59. The van der Waals surface area contributed by atoms with E-state index in [1.165, 1.54) is 6.20 Å². The maximum absolute atomic E-state index is 10.9. The Balaban J connectivity index is 2.18. The first-order valence-electron chi connectivity index (χ1n) is 6.10. The lowest BCUT2D eigenvalue weighted by Gasteiger charge is -2.36. The van der Waals surface area contributed by atoms with Crippen LogP contribution < -0.4 is 5.32 Å². The fourth-order valence-corrected chi connectivity index (χ4v) is 2.06. The zero-order chi connectivity index (χ0) is 13.9. The minimum absolute atomic E-state index is 0.0422. The molecule has 0 radical (unpaired) electrons. The van der Waals surface area contributed by atoms with Crippen molar-refractivity contribution in [3.8, 4) is 0 Å². The Kier molecular flexibility index (Phi) is 3.96. The van der Waals surface area contributed by atoms with E-state index >= 15 is 0 Å². The number of rotatable bonds is 4. The van der Waals surface area contributed by atoms with Crippen LogP contribution >= 0.6 is 0 Å². The fraction of sp³-hybridized carbons (Fsp3) is 0.583. The lowest BCUT2D eigenvalue weighted by molar-refractivity contribution is 0.0377. The number of aryl methyl sites for hydroxylation is 1.